The topological polar surface area (TPSA) is 122 Å². The third-order valence-electron chi connectivity index (χ3n) is 3.62. The summed E-state index contributed by atoms with van der Waals surface area (Å²) in [6.45, 7) is 2.33. The van der Waals surface area contributed by atoms with Gasteiger partial charge in [0.25, 0.3) is 0 Å². The standard InChI is InChI=1S/C17H28N4O3/c18-9-12-21(13-10-19)17(24)3-1-2-16(23)20-11-8-14-4-6-15(22)7-5-14/h4-7,22H,1-3,8-13,18-19H2,(H,20,23). The van der Waals surface area contributed by atoms with Crippen molar-refractivity contribution in [3.8, 4) is 5.75 Å². The van der Waals surface area contributed by atoms with Gasteiger partial charge >= 0.3 is 0 Å². The van der Waals surface area contributed by atoms with Crippen LogP contribution in [-0.4, -0.2) is 54.5 Å². The summed E-state index contributed by atoms with van der Waals surface area (Å²) in [6, 6.07) is 6.89. The molecule has 2 amide bonds. The predicted octanol–water partition coefficient (Wildman–Crippen LogP) is -0.0328. The summed E-state index contributed by atoms with van der Waals surface area (Å²) < 4.78 is 0. The van der Waals surface area contributed by atoms with Crippen LogP contribution in [0, 0.1) is 0 Å². The summed E-state index contributed by atoms with van der Waals surface area (Å²) in [6.07, 6.45) is 1.85. The first-order valence-corrected chi connectivity index (χ1v) is 8.29. The van der Waals surface area contributed by atoms with Gasteiger partial charge in [-0.25, -0.2) is 0 Å². The summed E-state index contributed by atoms with van der Waals surface area (Å²) in [5.74, 6) is 0.152. The van der Waals surface area contributed by atoms with E-state index < -0.39 is 0 Å². The quantitative estimate of drug-likeness (QED) is 0.452. The molecule has 0 unspecified atom stereocenters. The van der Waals surface area contributed by atoms with Crippen LogP contribution in [0.3, 0.4) is 0 Å². The molecule has 134 valence electrons. The zero-order chi connectivity index (χ0) is 17.8. The number of hydrogen-bond donors (Lipinski definition) is 4. The molecule has 1 aromatic rings. The van der Waals surface area contributed by atoms with E-state index in [2.05, 4.69) is 5.32 Å². The molecule has 0 aliphatic rings. The van der Waals surface area contributed by atoms with E-state index in [1.807, 2.05) is 12.1 Å². The van der Waals surface area contributed by atoms with Crippen LogP contribution in [0.25, 0.3) is 0 Å². The Morgan fingerprint density at radius 3 is 2.25 bits per heavy atom. The molecule has 0 fully saturated rings. The van der Waals surface area contributed by atoms with Gasteiger partial charge in [0.15, 0.2) is 0 Å². The average Bonchev–Trinajstić information content (AvgIpc) is 2.56. The Labute approximate surface area is 143 Å². The smallest absolute Gasteiger partial charge is 0.222 e. The number of carbonyl (C=O) groups excluding carboxylic acids is 2. The largest absolute Gasteiger partial charge is 0.508 e. The van der Waals surface area contributed by atoms with E-state index in [0.717, 1.165) is 5.56 Å². The molecule has 1 rings (SSSR count). The van der Waals surface area contributed by atoms with Crippen LogP contribution in [0.4, 0.5) is 0 Å². The lowest BCUT2D eigenvalue weighted by Crippen LogP contribution is -2.38. The number of nitrogens with two attached hydrogens (primary N) is 2. The van der Waals surface area contributed by atoms with E-state index in [4.69, 9.17) is 11.5 Å². The van der Waals surface area contributed by atoms with Gasteiger partial charge in [-0.2, -0.15) is 0 Å². The normalized spacial score (nSPS) is 10.4. The Morgan fingerprint density at radius 1 is 1.04 bits per heavy atom. The minimum absolute atomic E-state index is 0.0113. The molecule has 0 spiro atoms. The van der Waals surface area contributed by atoms with Gasteiger partial charge in [-0.3, -0.25) is 9.59 Å². The van der Waals surface area contributed by atoms with Gasteiger partial charge < -0.3 is 26.8 Å². The molecule has 0 heterocycles. The molecule has 0 radical (unpaired) electrons. The van der Waals surface area contributed by atoms with Gasteiger partial charge in [0.1, 0.15) is 5.75 Å². The van der Waals surface area contributed by atoms with Crippen molar-refractivity contribution >= 4 is 11.8 Å². The maximum absolute atomic E-state index is 12.0. The number of hydrogen-bond acceptors (Lipinski definition) is 5. The molecule has 6 N–H and O–H groups in total. The van der Waals surface area contributed by atoms with Crippen LogP contribution in [0.1, 0.15) is 24.8 Å². The fourth-order valence-electron chi connectivity index (χ4n) is 2.33. The van der Waals surface area contributed by atoms with Crippen LogP contribution in [0.5, 0.6) is 5.75 Å². The Hall–Kier alpha value is -2.12. The minimum Gasteiger partial charge on any atom is -0.508 e. The molecule has 0 atom stereocenters. The maximum Gasteiger partial charge on any atom is 0.222 e. The lowest BCUT2D eigenvalue weighted by molar-refractivity contribution is -0.131. The summed E-state index contributed by atoms with van der Waals surface area (Å²) in [5, 5.41) is 12.0. The van der Waals surface area contributed by atoms with Crippen molar-refractivity contribution < 1.29 is 14.7 Å². The number of carbonyl (C=O) groups is 2. The lowest BCUT2D eigenvalue weighted by atomic mass is 10.1. The van der Waals surface area contributed by atoms with E-state index in [1.54, 1.807) is 17.0 Å². The van der Waals surface area contributed by atoms with E-state index >= 15 is 0 Å². The summed E-state index contributed by atoms with van der Waals surface area (Å²) in [7, 11) is 0. The number of amides is 2. The van der Waals surface area contributed by atoms with Crippen LogP contribution >= 0.6 is 0 Å². The first-order valence-electron chi connectivity index (χ1n) is 8.29. The SMILES string of the molecule is NCCN(CCN)C(=O)CCCC(=O)NCCc1ccc(O)cc1. The lowest BCUT2D eigenvalue weighted by Gasteiger charge is -2.21. The first kappa shape index (κ1) is 19.9. The average molecular weight is 336 g/mol. The van der Waals surface area contributed by atoms with E-state index in [-0.39, 0.29) is 17.6 Å². The van der Waals surface area contributed by atoms with Crippen molar-refractivity contribution in [1.82, 2.24) is 10.2 Å². The highest BCUT2D eigenvalue weighted by molar-refractivity contribution is 5.79. The molecule has 0 aromatic heterocycles. The molecule has 0 aliphatic heterocycles. The maximum atomic E-state index is 12.0. The molecule has 7 nitrogen and oxygen atoms in total. The molecule has 0 saturated heterocycles. The Kier molecular flexibility index (Phi) is 9.48. The first-order chi connectivity index (χ1) is 11.6. The molecular formula is C17H28N4O3. The van der Waals surface area contributed by atoms with Crippen molar-refractivity contribution in [2.75, 3.05) is 32.7 Å². The zero-order valence-electron chi connectivity index (χ0n) is 14.0. The van der Waals surface area contributed by atoms with Gasteiger partial charge in [-0.1, -0.05) is 12.1 Å². The van der Waals surface area contributed by atoms with Crippen molar-refractivity contribution in [3.05, 3.63) is 29.8 Å². The van der Waals surface area contributed by atoms with Gasteiger partial charge in [-0.15, -0.1) is 0 Å². The van der Waals surface area contributed by atoms with Gasteiger partial charge in [-0.05, 0) is 30.5 Å². The van der Waals surface area contributed by atoms with E-state index in [0.29, 0.717) is 58.4 Å². The number of nitrogens with zero attached hydrogens (tertiary/aromatic N) is 1. The Morgan fingerprint density at radius 2 is 1.67 bits per heavy atom. The highest BCUT2D eigenvalue weighted by atomic mass is 16.3. The van der Waals surface area contributed by atoms with Gasteiger partial charge in [0.05, 0.1) is 0 Å². The summed E-state index contributed by atoms with van der Waals surface area (Å²) in [5.41, 5.74) is 12.0. The van der Waals surface area contributed by atoms with Crippen molar-refractivity contribution in [2.45, 2.75) is 25.7 Å². The molecule has 0 aliphatic carbocycles. The molecule has 0 bridgehead atoms. The molecule has 1 aromatic carbocycles. The van der Waals surface area contributed by atoms with Crippen molar-refractivity contribution in [2.24, 2.45) is 11.5 Å². The Bertz CT molecular complexity index is 499. The monoisotopic (exact) mass is 336 g/mol. The second-order valence-electron chi connectivity index (χ2n) is 5.58. The zero-order valence-corrected chi connectivity index (χ0v) is 14.0. The molecule has 0 saturated carbocycles. The summed E-state index contributed by atoms with van der Waals surface area (Å²) >= 11 is 0. The number of rotatable bonds is 11. The van der Waals surface area contributed by atoms with Crippen LogP contribution in [0.15, 0.2) is 24.3 Å². The molecule has 24 heavy (non-hydrogen) atoms. The number of nitrogens with one attached hydrogen (secondary N) is 1. The van der Waals surface area contributed by atoms with Crippen LogP contribution < -0.4 is 16.8 Å². The summed E-state index contributed by atoms with van der Waals surface area (Å²) in [4.78, 5) is 25.4. The van der Waals surface area contributed by atoms with Crippen LogP contribution in [-0.2, 0) is 16.0 Å². The van der Waals surface area contributed by atoms with Gasteiger partial charge in [0, 0.05) is 45.6 Å². The molecular weight excluding hydrogens is 308 g/mol. The second-order valence-corrected chi connectivity index (χ2v) is 5.58. The van der Waals surface area contributed by atoms with E-state index in [1.165, 1.54) is 0 Å². The number of phenolic OH excluding ortho intramolecular Hbond substituents is 1. The number of benzene rings is 1. The second kappa shape index (κ2) is 11.4. The van der Waals surface area contributed by atoms with Gasteiger partial charge in [0.2, 0.25) is 11.8 Å². The molecule has 7 heteroatoms. The number of phenols is 1. The van der Waals surface area contributed by atoms with Crippen LogP contribution in [0.2, 0.25) is 0 Å². The minimum atomic E-state index is -0.0641. The highest BCUT2D eigenvalue weighted by Crippen LogP contribution is 2.09. The Balaban J connectivity index is 2.18. The fraction of sp³-hybridized carbons (Fsp3) is 0.529. The highest BCUT2D eigenvalue weighted by Gasteiger charge is 2.12. The predicted molar refractivity (Wildman–Crippen MR) is 93.4 cm³/mol. The number of aromatic hydroxyl groups is 1. The fourth-order valence-corrected chi connectivity index (χ4v) is 2.33. The van der Waals surface area contributed by atoms with Crippen molar-refractivity contribution in [1.29, 1.82) is 0 Å². The third-order valence-corrected chi connectivity index (χ3v) is 3.62. The van der Waals surface area contributed by atoms with Crippen molar-refractivity contribution in [3.63, 3.8) is 0 Å². The third kappa shape index (κ3) is 7.94. The van der Waals surface area contributed by atoms with E-state index in [9.17, 15) is 14.7 Å².